The summed E-state index contributed by atoms with van der Waals surface area (Å²) in [7, 11) is -3.21. The molecule has 32 heavy (non-hydrogen) atoms. The highest BCUT2D eigenvalue weighted by Gasteiger charge is 2.25. The Morgan fingerprint density at radius 1 is 1.34 bits per heavy atom. The number of aromatic nitrogens is 4. The first-order valence-corrected chi connectivity index (χ1v) is 12.1. The maximum atomic E-state index is 13.4. The number of halogens is 1. The van der Waals surface area contributed by atoms with Crippen LogP contribution in [-0.2, 0) is 16.4 Å². The van der Waals surface area contributed by atoms with Gasteiger partial charge in [-0.3, -0.25) is 4.40 Å². The summed E-state index contributed by atoms with van der Waals surface area (Å²) in [6.07, 6.45) is 6.31. The summed E-state index contributed by atoms with van der Waals surface area (Å²) < 4.78 is 46.8. The number of ether oxygens (including phenoxy) is 1. The Bertz CT molecular complexity index is 1310. The van der Waals surface area contributed by atoms with E-state index < -0.39 is 10.0 Å². The van der Waals surface area contributed by atoms with Gasteiger partial charge in [-0.25, -0.2) is 17.8 Å². The second-order valence-electron chi connectivity index (χ2n) is 7.83. The fourth-order valence-electron chi connectivity index (χ4n) is 4.11. The van der Waals surface area contributed by atoms with Crippen molar-refractivity contribution in [3.8, 4) is 5.75 Å². The fourth-order valence-corrected chi connectivity index (χ4v) is 5.15. The second kappa shape index (κ2) is 8.14. The molecule has 0 radical (unpaired) electrons. The van der Waals surface area contributed by atoms with Gasteiger partial charge < -0.3 is 10.1 Å². The van der Waals surface area contributed by atoms with E-state index in [1.807, 2.05) is 6.08 Å². The molecule has 9 nitrogen and oxygen atoms in total. The maximum absolute atomic E-state index is 13.4. The zero-order valence-electron chi connectivity index (χ0n) is 17.5. The summed E-state index contributed by atoms with van der Waals surface area (Å²) in [6.45, 7) is 2.91. The molecule has 2 aliphatic heterocycles. The van der Waals surface area contributed by atoms with Crippen molar-refractivity contribution in [3.05, 3.63) is 53.7 Å². The summed E-state index contributed by atoms with van der Waals surface area (Å²) in [5.74, 6) is 1.11. The van der Waals surface area contributed by atoms with Gasteiger partial charge >= 0.3 is 0 Å². The number of nitrogens with one attached hydrogen (secondary N) is 1. The molecule has 0 fully saturated rings. The average Bonchev–Trinajstić information content (AvgIpc) is 3.44. The van der Waals surface area contributed by atoms with Gasteiger partial charge in [-0.05, 0) is 37.1 Å². The van der Waals surface area contributed by atoms with E-state index in [2.05, 4.69) is 20.5 Å². The average molecular weight is 459 g/mol. The maximum Gasteiger partial charge on any atom is 0.214 e. The van der Waals surface area contributed by atoms with Gasteiger partial charge in [0, 0.05) is 36.8 Å². The summed E-state index contributed by atoms with van der Waals surface area (Å²) in [4.78, 5) is 4.55. The first-order valence-electron chi connectivity index (χ1n) is 10.5. The van der Waals surface area contributed by atoms with Crippen molar-refractivity contribution < 1.29 is 17.5 Å². The number of hydrogen-bond acceptors (Lipinski definition) is 7. The van der Waals surface area contributed by atoms with Crippen molar-refractivity contribution in [2.75, 3.05) is 30.7 Å². The van der Waals surface area contributed by atoms with Crippen molar-refractivity contribution in [3.63, 3.8) is 0 Å². The summed E-state index contributed by atoms with van der Waals surface area (Å²) in [5.41, 5.74) is 3.35. The molecule has 0 saturated carbocycles. The first-order chi connectivity index (χ1) is 15.4. The number of hydrogen-bond donors (Lipinski definition) is 1. The van der Waals surface area contributed by atoms with E-state index in [4.69, 9.17) is 4.74 Å². The molecule has 0 saturated heterocycles. The van der Waals surface area contributed by atoms with E-state index in [1.54, 1.807) is 29.9 Å². The molecule has 1 N–H and O–H groups in total. The van der Waals surface area contributed by atoms with Crippen molar-refractivity contribution in [2.24, 2.45) is 0 Å². The lowest BCUT2D eigenvalue weighted by Crippen LogP contribution is -2.35. The minimum atomic E-state index is -3.21. The number of fused-ring (bicyclic) bond motifs is 2. The van der Waals surface area contributed by atoms with Crippen molar-refractivity contribution >= 4 is 27.2 Å². The lowest BCUT2D eigenvalue weighted by Gasteiger charge is -2.25. The van der Waals surface area contributed by atoms with E-state index in [-0.39, 0.29) is 17.7 Å². The highest BCUT2D eigenvalue weighted by atomic mass is 32.2. The van der Waals surface area contributed by atoms with E-state index in [0.717, 1.165) is 16.7 Å². The molecule has 1 atom stereocenters. The Hall–Kier alpha value is -3.05. The highest BCUT2D eigenvalue weighted by Crippen LogP contribution is 2.30. The monoisotopic (exact) mass is 458 g/mol. The molecule has 0 amide bonds. The third-order valence-electron chi connectivity index (χ3n) is 5.86. The van der Waals surface area contributed by atoms with Crippen molar-refractivity contribution in [1.82, 2.24) is 23.9 Å². The zero-order valence-corrected chi connectivity index (χ0v) is 18.3. The van der Waals surface area contributed by atoms with Gasteiger partial charge in [0.25, 0.3) is 0 Å². The molecule has 0 spiro atoms. The predicted molar refractivity (Wildman–Crippen MR) is 117 cm³/mol. The van der Waals surface area contributed by atoms with Crippen LogP contribution in [0.1, 0.15) is 24.5 Å². The normalized spacial score (nSPS) is 18.9. The molecule has 11 heteroatoms. The van der Waals surface area contributed by atoms with Crippen LogP contribution in [-0.4, -0.2) is 63.8 Å². The molecule has 5 rings (SSSR count). The van der Waals surface area contributed by atoms with Crippen LogP contribution in [0, 0.1) is 5.82 Å². The van der Waals surface area contributed by atoms with E-state index in [9.17, 15) is 12.8 Å². The molecule has 2 aliphatic rings. The molecule has 4 heterocycles. The summed E-state index contributed by atoms with van der Waals surface area (Å²) >= 11 is 0. The van der Waals surface area contributed by atoms with Crippen LogP contribution in [0.4, 0.5) is 10.3 Å². The molecular weight excluding hydrogens is 435 g/mol. The zero-order chi connectivity index (χ0) is 22.3. The second-order valence-corrected chi connectivity index (χ2v) is 10.1. The molecule has 0 aliphatic carbocycles. The number of nitrogens with zero attached hydrogens (tertiary/aromatic N) is 5. The van der Waals surface area contributed by atoms with Gasteiger partial charge in [0.15, 0.2) is 5.65 Å². The van der Waals surface area contributed by atoms with Gasteiger partial charge in [0.05, 0.1) is 12.3 Å². The predicted octanol–water partition coefficient (Wildman–Crippen LogP) is 2.12. The van der Waals surface area contributed by atoms with E-state index in [0.29, 0.717) is 49.8 Å². The lowest BCUT2D eigenvalue weighted by atomic mass is 10.0. The van der Waals surface area contributed by atoms with E-state index >= 15 is 0 Å². The van der Waals surface area contributed by atoms with Crippen LogP contribution in [0.15, 0.2) is 36.8 Å². The Kier molecular flexibility index (Phi) is 5.30. The minimum Gasteiger partial charge on any atom is -0.488 e. The Labute approximate surface area is 185 Å². The molecule has 2 aromatic heterocycles. The van der Waals surface area contributed by atoms with Gasteiger partial charge in [-0.1, -0.05) is 6.08 Å². The number of anilines is 1. The standard InChI is InChI=1S/C21H23FN6O3S/c1-2-32(29,30)27-7-5-14(6-8-27)18-12-24-21(28-13-25-26-20(18)28)23-11-17-10-15-9-16(22)3-4-19(15)31-17/h3-5,9,12-13,17H,2,6-8,10-11H2,1H3,(H,23,24). The van der Waals surface area contributed by atoms with E-state index in [1.165, 1.54) is 16.4 Å². The Morgan fingerprint density at radius 2 is 2.22 bits per heavy atom. The Morgan fingerprint density at radius 3 is 3.00 bits per heavy atom. The Balaban J connectivity index is 1.31. The number of sulfonamides is 1. The van der Waals surface area contributed by atoms with Crippen LogP contribution in [0.5, 0.6) is 5.75 Å². The molecule has 3 aromatic rings. The molecule has 168 valence electrons. The smallest absolute Gasteiger partial charge is 0.214 e. The third kappa shape index (κ3) is 3.82. The van der Waals surface area contributed by atoms with Crippen molar-refractivity contribution in [2.45, 2.75) is 25.9 Å². The summed E-state index contributed by atoms with van der Waals surface area (Å²) in [5, 5.41) is 11.6. The van der Waals surface area contributed by atoms with Gasteiger partial charge in [-0.15, -0.1) is 10.2 Å². The number of rotatable bonds is 6. The highest BCUT2D eigenvalue weighted by molar-refractivity contribution is 7.89. The summed E-state index contributed by atoms with van der Waals surface area (Å²) in [6, 6.07) is 4.55. The van der Waals surface area contributed by atoms with Gasteiger partial charge in [0.2, 0.25) is 16.0 Å². The van der Waals surface area contributed by atoms with Crippen LogP contribution in [0.3, 0.4) is 0 Å². The molecule has 0 bridgehead atoms. The fraction of sp³-hybridized carbons (Fsp3) is 0.381. The van der Waals surface area contributed by atoms with Crippen molar-refractivity contribution in [1.29, 1.82) is 0 Å². The quantitative estimate of drug-likeness (QED) is 0.604. The largest absolute Gasteiger partial charge is 0.488 e. The van der Waals surface area contributed by atoms with Gasteiger partial charge in [0.1, 0.15) is 24.0 Å². The molecule has 1 aromatic carbocycles. The van der Waals surface area contributed by atoms with Gasteiger partial charge in [-0.2, -0.15) is 4.31 Å². The van der Waals surface area contributed by atoms with Crippen LogP contribution in [0.2, 0.25) is 0 Å². The molecular formula is C21H23FN6O3S. The third-order valence-corrected chi connectivity index (χ3v) is 7.71. The molecule has 1 unspecified atom stereocenters. The van der Waals surface area contributed by atoms with Crippen LogP contribution in [0.25, 0.3) is 11.2 Å². The topological polar surface area (TPSA) is 102 Å². The van der Waals surface area contributed by atoms with Crippen LogP contribution < -0.4 is 10.1 Å². The lowest BCUT2D eigenvalue weighted by molar-refractivity contribution is 0.246. The SMILES string of the molecule is CCS(=O)(=O)N1CC=C(c2cnc(NCC3Cc4cc(F)ccc4O3)n3cnnc23)CC1. The minimum absolute atomic E-state index is 0.0945. The first kappa shape index (κ1) is 20.8. The van der Waals surface area contributed by atoms with Crippen LogP contribution >= 0.6 is 0 Å². The number of benzene rings is 1.